The highest BCUT2D eigenvalue weighted by atomic mass is 19.2. The first-order valence-electron chi connectivity index (χ1n) is 14.5. The average Bonchev–Trinajstić information content (AvgIpc) is 3.11. The van der Waals surface area contributed by atoms with Crippen LogP contribution < -0.4 is 4.74 Å². The van der Waals surface area contributed by atoms with E-state index in [4.69, 9.17) is 4.74 Å². The number of hydrogen-bond acceptors (Lipinski definition) is 3. The van der Waals surface area contributed by atoms with Gasteiger partial charge in [0.2, 0.25) is 0 Å². The number of rotatable bonds is 6. The molecule has 41 heavy (non-hydrogen) atoms. The van der Waals surface area contributed by atoms with E-state index in [0.29, 0.717) is 13.0 Å². The first-order valence-corrected chi connectivity index (χ1v) is 14.5. The Hall–Kier alpha value is -3.83. The second-order valence-corrected chi connectivity index (χ2v) is 11.6. The van der Waals surface area contributed by atoms with Gasteiger partial charge in [-0.1, -0.05) is 66.7 Å². The van der Waals surface area contributed by atoms with Gasteiger partial charge in [0, 0.05) is 18.0 Å². The molecular weight excluding hydrogens is 516 g/mol. The molecule has 0 aromatic heterocycles. The normalized spacial score (nSPS) is 18.6. The number of nitrogens with zero attached hydrogens (tertiary/aromatic N) is 1. The summed E-state index contributed by atoms with van der Waals surface area (Å²) in [4.78, 5) is 16.7. The predicted molar refractivity (Wildman–Crippen MR) is 158 cm³/mol. The van der Waals surface area contributed by atoms with Crippen molar-refractivity contribution in [2.24, 2.45) is 11.3 Å². The molecule has 4 aromatic rings. The van der Waals surface area contributed by atoms with Crippen LogP contribution in [0.4, 0.5) is 8.78 Å². The maximum Gasteiger partial charge on any atom is 0.167 e. The Morgan fingerprint density at radius 2 is 1.54 bits per heavy atom. The molecule has 1 saturated heterocycles. The van der Waals surface area contributed by atoms with Crippen molar-refractivity contribution in [1.82, 2.24) is 4.90 Å². The number of benzene rings is 4. The van der Waals surface area contributed by atoms with E-state index in [1.54, 1.807) is 13.2 Å². The topological polar surface area (TPSA) is 29.5 Å². The molecule has 0 saturated carbocycles. The van der Waals surface area contributed by atoms with E-state index in [2.05, 4.69) is 41.3 Å². The van der Waals surface area contributed by atoms with Gasteiger partial charge >= 0.3 is 0 Å². The summed E-state index contributed by atoms with van der Waals surface area (Å²) in [6.07, 6.45) is 4.28. The first-order chi connectivity index (χ1) is 19.9. The standard InChI is InChI=1S/C36H35F2NO2/c1-41-30-11-7-25(8-12-30)21-32-35(40)31-13-10-28(27-5-3-2-4-6-27)23-29(31)15-16-36(32)17-19-39(20-18-36)24-26-9-14-33(37)34(38)22-26/h2-14,22-23,32H,15-21,24H2,1H3. The van der Waals surface area contributed by atoms with E-state index in [0.717, 1.165) is 77.9 Å². The minimum absolute atomic E-state index is 0.131. The number of methoxy groups -OCH3 is 1. The molecule has 2 aliphatic rings. The zero-order valence-corrected chi connectivity index (χ0v) is 23.4. The van der Waals surface area contributed by atoms with Crippen molar-refractivity contribution in [2.45, 2.75) is 38.6 Å². The SMILES string of the molecule is COc1ccc(CC2C(=O)c3ccc(-c4ccccc4)cc3CCC23CCN(Cc2ccc(F)c(F)c2)CC3)cc1. The number of fused-ring (bicyclic) bond motifs is 1. The third kappa shape index (κ3) is 5.69. The first kappa shape index (κ1) is 27.3. The van der Waals surface area contributed by atoms with E-state index in [-0.39, 0.29) is 17.1 Å². The fraction of sp³-hybridized carbons (Fsp3) is 0.306. The lowest BCUT2D eigenvalue weighted by molar-refractivity contribution is 0.0346. The predicted octanol–water partition coefficient (Wildman–Crippen LogP) is 7.91. The van der Waals surface area contributed by atoms with Gasteiger partial charge in [0.15, 0.2) is 17.4 Å². The van der Waals surface area contributed by atoms with Crippen LogP contribution in [0.2, 0.25) is 0 Å². The zero-order valence-electron chi connectivity index (χ0n) is 23.4. The molecule has 0 radical (unpaired) electrons. The number of carbonyl (C=O) groups excluding carboxylic acids is 1. The Morgan fingerprint density at radius 1 is 0.805 bits per heavy atom. The lowest BCUT2D eigenvalue weighted by Gasteiger charge is -2.46. The number of piperidine rings is 1. The van der Waals surface area contributed by atoms with Crippen LogP contribution in [0.1, 0.15) is 46.3 Å². The van der Waals surface area contributed by atoms with Crippen LogP contribution in [0.3, 0.4) is 0 Å². The van der Waals surface area contributed by atoms with Crippen LogP contribution in [0, 0.1) is 23.0 Å². The number of carbonyl (C=O) groups is 1. The van der Waals surface area contributed by atoms with Gasteiger partial charge in [-0.2, -0.15) is 0 Å². The van der Waals surface area contributed by atoms with Crippen molar-refractivity contribution in [3.05, 3.63) is 125 Å². The molecule has 0 bridgehead atoms. The molecule has 4 aromatic carbocycles. The fourth-order valence-corrected chi connectivity index (χ4v) is 6.83. The van der Waals surface area contributed by atoms with Gasteiger partial charge in [-0.25, -0.2) is 8.78 Å². The summed E-state index contributed by atoms with van der Waals surface area (Å²) in [7, 11) is 1.66. The molecule has 6 rings (SSSR count). The Bertz CT molecular complexity index is 1530. The summed E-state index contributed by atoms with van der Waals surface area (Å²) in [6.45, 7) is 2.21. The zero-order chi connectivity index (χ0) is 28.4. The molecule has 3 nitrogen and oxygen atoms in total. The quantitative estimate of drug-likeness (QED) is 0.244. The van der Waals surface area contributed by atoms with Crippen molar-refractivity contribution in [2.75, 3.05) is 20.2 Å². The average molecular weight is 552 g/mol. The fourth-order valence-electron chi connectivity index (χ4n) is 6.83. The molecule has 0 N–H and O–H groups in total. The third-order valence-corrected chi connectivity index (χ3v) is 9.27. The van der Waals surface area contributed by atoms with Gasteiger partial charge in [-0.3, -0.25) is 9.69 Å². The van der Waals surface area contributed by atoms with Gasteiger partial charge in [0.25, 0.3) is 0 Å². The summed E-state index contributed by atoms with van der Waals surface area (Å²) >= 11 is 0. The molecule has 0 amide bonds. The number of hydrogen-bond donors (Lipinski definition) is 0. The maximum absolute atomic E-state index is 14.4. The highest BCUT2D eigenvalue weighted by Gasteiger charge is 2.46. The number of ketones is 1. The van der Waals surface area contributed by atoms with Gasteiger partial charge in [0.1, 0.15) is 5.75 Å². The van der Waals surface area contributed by atoms with Crippen molar-refractivity contribution in [1.29, 1.82) is 0 Å². The monoisotopic (exact) mass is 551 g/mol. The second kappa shape index (κ2) is 11.6. The minimum Gasteiger partial charge on any atom is -0.497 e. The largest absolute Gasteiger partial charge is 0.497 e. The van der Waals surface area contributed by atoms with Crippen LogP contribution in [-0.2, 0) is 19.4 Å². The maximum atomic E-state index is 14.4. The Balaban J connectivity index is 1.29. The Kier molecular flexibility index (Phi) is 7.72. The van der Waals surface area contributed by atoms with E-state index in [1.165, 1.54) is 12.1 Å². The molecule has 210 valence electrons. The van der Waals surface area contributed by atoms with Gasteiger partial charge in [-0.15, -0.1) is 0 Å². The van der Waals surface area contributed by atoms with Crippen LogP contribution in [-0.4, -0.2) is 30.9 Å². The minimum atomic E-state index is -0.820. The highest BCUT2D eigenvalue weighted by Crippen LogP contribution is 2.48. The number of aryl methyl sites for hydroxylation is 1. The lowest BCUT2D eigenvalue weighted by atomic mass is 9.63. The molecule has 1 aliphatic heterocycles. The van der Waals surface area contributed by atoms with E-state index < -0.39 is 11.6 Å². The lowest BCUT2D eigenvalue weighted by Crippen LogP contribution is -2.46. The summed E-state index contributed by atoms with van der Waals surface area (Å²) < 4.78 is 32.7. The number of halogens is 2. The van der Waals surface area contributed by atoms with Crippen molar-refractivity contribution >= 4 is 5.78 Å². The van der Waals surface area contributed by atoms with Crippen LogP contribution in [0.25, 0.3) is 11.1 Å². The molecule has 1 heterocycles. The van der Waals surface area contributed by atoms with Crippen LogP contribution >= 0.6 is 0 Å². The number of Topliss-reactive ketones (excluding diaryl/α,β-unsaturated/α-hetero) is 1. The summed E-state index contributed by atoms with van der Waals surface area (Å²) in [5.74, 6) is -0.718. The smallest absolute Gasteiger partial charge is 0.167 e. The summed E-state index contributed by atoms with van der Waals surface area (Å²) in [5.41, 5.74) is 6.06. The molecule has 1 atom stereocenters. The molecular formula is C36H35F2NO2. The van der Waals surface area contributed by atoms with Crippen molar-refractivity contribution < 1.29 is 18.3 Å². The third-order valence-electron chi connectivity index (χ3n) is 9.27. The highest BCUT2D eigenvalue weighted by molar-refractivity contribution is 6.00. The van der Waals surface area contributed by atoms with Gasteiger partial charge in [0.05, 0.1) is 7.11 Å². The summed E-state index contributed by atoms with van der Waals surface area (Å²) in [5, 5.41) is 0. The Labute approximate surface area is 240 Å². The van der Waals surface area contributed by atoms with E-state index >= 15 is 0 Å². The van der Waals surface area contributed by atoms with E-state index in [9.17, 15) is 13.6 Å². The molecule has 1 unspecified atom stereocenters. The van der Waals surface area contributed by atoms with Crippen LogP contribution in [0.15, 0.2) is 91.0 Å². The van der Waals surface area contributed by atoms with Crippen molar-refractivity contribution in [3.8, 4) is 16.9 Å². The second-order valence-electron chi connectivity index (χ2n) is 11.6. The molecule has 1 spiro atoms. The van der Waals surface area contributed by atoms with Gasteiger partial charge < -0.3 is 4.74 Å². The van der Waals surface area contributed by atoms with Gasteiger partial charge in [-0.05, 0) is 103 Å². The Morgan fingerprint density at radius 3 is 2.24 bits per heavy atom. The van der Waals surface area contributed by atoms with Crippen LogP contribution in [0.5, 0.6) is 5.75 Å². The molecule has 1 aliphatic carbocycles. The molecule has 5 heteroatoms. The number of ether oxygens (including phenoxy) is 1. The van der Waals surface area contributed by atoms with Crippen molar-refractivity contribution in [3.63, 3.8) is 0 Å². The summed E-state index contributed by atoms with van der Waals surface area (Å²) in [6, 6.07) is 28.9. The van der Waals surface area contributed by atoms with E-state index in [1.807, 2.05) is 36.4 Å². The molecule has 1 fully saturated rings. The number of likely N-dealkylation sites (tertiary alicyclic amines) is 1.